The normalized spacial score (nSPS) is 38.5. The summed E-state index contributed by atoms with van der Waals surface area (Å²) in [6.07, 6.45) is 10.6. The van der Waals surface area contributed by atoms with E-state index >= 15 is 0 Å². The van der Waals surface area contributed by atoms with Gasteiger partial charge in [0.15, 0.2) is 0 Å². The van der Waals surface area contributed by atoms with E-state index in [1.807, 2.05) is 0 Å². The van der Waals surface area contributed by atoms with Crippen molar-refractivity contribution >= 4 is 0 Å². The van der Waals surface area contributed by atoms with Crippen LogP contribution in [0.25, 0.3) is 0 Å². The molecule has 2 atom stereocenters. The number of hydrogen-bond donors (Lipinski definition) is 1. The monoisotopic (exact) mass is 239 g/mol. The molecule has 1 aliphatic carbocycles. The molecule has 1 heterocycles. The van der Waals surface area contributed by atoms with Gasteiger partial charge in [-0.2, -0.15) is 0 Å². The fraction of sp³-hybridized carbons (Fsp3) is 1.00. The first-order chi connectivity index (χ1) is 8.28. The van der Waals surface area contributed by atoms with E-state index in [2.05, 4.69) is 19.2 Å². The van der Waals surface area contributed by atoms with Crippen molar-refractivity contribution < 1.29 is 4.74 Å². The average Bonchev–Trinajstić information content (AvgIpc) is 2.76. The van der Waals surface area contributed by atoms with Crippen LogP contribution in [0.3, 0.4) is 0 Å². The molecule has 1 aliphatic heterocycles. The van der Waals surface area contributed by atoms with Crippen molar-refractivity contribution in [1.29, 1.82) is 0 Å². The quantitative estimate of drug-likeness (QED) is 0.794. The molecule has 2 unspecified atom stereocenters. The summed E-state index contributed by atoms with van der Waals surface area (Å²) in [5.74, 6) is 1.95. The molecular weight excluding hydrogens is 210 g/mol. The van der Waals surface area contributed by atoms with Gasteiger partial charge in [-0.3, -0.25) is 0 Å². The van der Waals surface area contributed by atoms with Crippen LogP contribution in [-0.2, 0) is 4.74 Å². The SMILES string of the molecule is CCC1CCC(CNCC2CCC(C)O2)CC1. The Morgan fingerprint density at radius 1 is 0.941 bits per heavy atom. The highest BCUT2D eigenvalue weighted by atomic mass is 16.5. The molecule has 1 saturated heterocycles. The van der Waals surface area contributed by atoms with Crippen molar-refractivity contribution in [2.75, 3.05) is 13.1 Å². The van der Waals surface area contributed by atoms with Gasteiger partial charge in [-0.15, -0.1) is 0 Å². The van der Waals surface area contributed by atoms with Crippen molar-refractivity contribution in [2.24, 2.45) is 11.8 Å². The number of hydrogen-bond acceptors (Lipinski definition) is 2. The highest BCUT2D eigenvalue weighted by Crippen LogP contribution is 2.30. The molecule has 0 aromatic carbocycles. The van der Waals surface area contributed by atoms with Gasteiger partial charge in [-0.25, -0.2) is 0 Å². The van der Waals surface area contributed by atoms with Crippen LogP contribution in [0.4, 0.5) is 0 Å². The van der Waals surface area contributed by atoms with Crippen LogP contribution >= 0.6 is 0 Å². The lowest BCUT2D eigenvalue weighted by molar-refractivity contribution is 0.0551. The molecular formula is C15H29NO. The Morgan fingerprint density at radius 2 is 1.65 bits per heavy atom. The lowest BCUT2D eigenvalue weighted by Crippen LogP contribution is -2.32. The molecule has 2 fully saturated rings. The Hall–Kier alpha value is -0.0800. The highest BCUT2D eigenvalue weighted by molar-refractivity contribution is 4.76. The second-order valence-corrected chi connectivity index (χ2v) is 6.10. The molecule has 2 aliphatic rings. The standard InChI is InChI=1S/C15H29NO/c1-3-13-5-7-14(8-6-13)10-16-11-15-9-4-12(2)17-15/h12-16H,3-11H2,1-2H3. The van der Waals surface area contributed by atoms with E-state index in [4.69, 9.17) is 4.74 Å². The number of nitrogens with one attached hydrogen (secondary N) is 1. The maximum atomic E-state index is 5.82. The summed E-state index contributed by atoms with van der Waals surface area (Å²) in [6.45, 7) is 6.80. The molecule has 2 heteroatoms. The largest absolute Gasteiger partial charge is 0.374 e. The van der Waals surface area contributed by atoms with Crippen molar-refractivity contribution in [1.82, 2.24) is 5.32 Å². The third kappa shape index (κ3) is 4.26. The van der Waals surface area contributed by atoms with Crippen molar-refractivity contribution in [3.8, 4) is 0 Å². The maximum absolute atomic E-state index is 5.82. The van der Waals surface area contributed by atoms with E-state index in [9.17, 15) is 0 Å². The van der Waals surface area contributed by atoms with Crippen LogP contribution in [0.2, 0.25) is 0 Å². The van der Waals surface area contributed by atoms with E-state index in [0.717, 1.165) is 18.4 Å². The molecule has 100 valence electrons. The second-order valence-electron chi connectivity index (χ2n) is 6.10. The Balaban J connectivity index is 1.54. The molecule has 0 radical (unpaired) electrons. The Kier molecular flexibility index (Phi) is 5.30. The minimum absolute atomic E-state index is 0.483. The van der Waals surface area contributed by atoms with Crippen LogP contribution in [0.15, 0.2) is 0 Å². The smallest absolute Gasteiger partial charge is 0.0704 e. The lowest BCUT2D eigenvalue weighted by atomic mass is 9.81. The Bertz CT molecular complexity index is 211. The first-order valence-electron chi connectivity index (χ1n) is 7.64. The summed E-state index contributed by atoms with van der Waals surface area (Å²) < 4.78 is 5.82. The first-order valence-corrected chi connectivity index (χ1v) is 7.64. The van der Waals surface area contributed by atoms with Crippen molar-refractivity contribution in [2.45, 2.75) is 71.0 Å². The molecule has 0 aromatic heterocycles. The maximum Gasteiger partial charge on any atom is 0.0704 e. The fourth-order valence-corrected chi connectivity index (χ4v) is 3.33. The summed E-state index contributed by atoms with van der Waals surface area (Å²) in [4.78, 5) is 0. The van der Waals surface area contributed by atoms with Gasteiger partial charge in [0.2, 0.25) is 0 Å². The zero-order valence-electron chi connectivity index (χ0n) is 11.6. The summed E-state index contributed by atoms with van der Waals surface area (Å²) in [6, 6.07) is 0. The second kappa shape index (κ2) is 6.75. The molecule has 0 bridgehead atoms. The van der Waals surface area contributed by atoms with Crippen LogP contribution in [0, 0.1) is 11.8 Å². The Labute approximate surface area is 107 Å². The third-order valence-corrected chi connectivity index (χ3v) is 4.67. The van der Waals surface area contributed by atoms with E-state index < -0.39 is 0 Å². The van der Waals surface area contributed by atoms with Crippen molar-refractivity contribution in [3.63, 3.8) is 0 Å². The topological polar surface area (TPSA) is 21.3 Å². The van der Waals surface area contributed by atoms with Gasteiger partial charge < -0.3 is 10.1 Å². The zero-order chi connectivity index (χ0) is 12.1. The summed E-state index contributed by atoms with van der Waals surface area (Å²) in [5.41, 5.74) is 0. The third-order valence-electron chi connectivity index (χ3n) is 4.67. The van der Waals surface area contributed by atoms with E-state index in [1.54, 1.807) is 0 Å². The van der Waals surface area contributed by atoms with Gasteiger partial charge in [0.05, 0.1) is 12.2 Å². The molecule has 1 N–H and O–H groups in total. The van der Waals surface area contributed by atoms with Crippen LogP contribution < -0.4 is 5.32 Å². The van der Waals surface area contributed by atoms with Gasteiger partial charge in [0, 0.05) is 6.54 Å². The summed E-state index contributed by atoms with van der Waals surface area (Å²) in [7, 11) is 0. The molecule has 2 rings (SSSR count). The Morgan fingerprint density at radius 3 is 2.24 bits per heavy atom. The van der Waals surface area contributed by atoms with Crippen molar-refractivity contribution in [3.05, 3.63) is 0 Å². The van der Waals surface area contributed by atoms with Crippen LogP contribution in [0.5, 0.6) is 0 Å². The van der Waals surface area contributed by atoms with Gasteiger partial charge >= 0.3 is 0 Å². The predicted octanol–water partition coefficient (Wildman–Crippen LogP) is 3.36. The lowest BCUT2D eigenvalue weighted by Gasteiger charge is -2.28. The summed E-state index contributed by atoms with van der Waals surface area (Å²) in [5, 5.41) is 3.63. The van der Waals surface area contributed by atoms with Gasteiger partial charge in [-0.1, -0.05) is 26.2 Å². The molecule has 0 aromatic rings. The molecule has 2 nitrogen and oxygen atoms in total. The van der Waals surface area contributed by atoms with Crippen LogP contribution in [-0.4, -0.2) is 25.3 Å². The van der Waals surface area contributed by atoms with Gasteiger partial charge in [0.25, 0.3) is 0 Å². The fourth-order valence-electron chi connectivity index (χ4n) is 3.33. The number of ether oxygens (including phenoxy) is 1. The van der Waals surface area contributed by atoms with Crippen LogP contribution in [0.1, 0.15) is 58.8 Å². The molecule has 0 spiro atoms. The van der Waals surface area contributed by atoms with E-state index in [1.165, 1.54) is 51.5 Å². The highest BCUT2D eigenvalue weighted by Gasteiger charge is 2.23. The zero-order valence-corrected chi connectivity index (χ0v) is 11.6. The number of rotatable bonds is 5. The minimum atomic E-state index is 0.483. The van der Waals surface area contributed by atoms with E-state index in [0.29, 0.717) is 12.2 Å². The van der Waals surface area contributed by atoms with Gasteiger partial charge in [0.1, 0.15) is 0 Å². The predicted molar refractivity (Wildman–Crippen MR) is 72.2 cm³/mol. The molecule has 1 saturated carbocycles. The molecule has 17 heavy (non-hydrogen) atoms. The van der Waals surface area contributed by atoms with Gasteiger partial charge in [-0.05, 0) is 51.0 Å². The minimum Gasteiger partial charge on any atom is -0.374 e. The molecule has 0 amide bonds. The average molecular weight is 239 g/mol. The summed E-state index contributed by atoms with van der Waals surface area (Å²) >= 11 is 0. The van der Waals surface area contributed by atoms with E-state index in [-0.39, 0.29) is 0 Å². The first kappa shape index (κ1) is 13.4.